The minimum absolute atomic E-state index is 0.0476. The van der Waals surface area contributed by atoms with Gasteiger partial charge < -0.3 is 15.4 Å². The maximum Gasteiger partial charge on any atom is 0.255 e. The number of nitrogens with one attached hydrogen (secondary N) is 2. The van der Waals surface area contributed by atoms with Crippen molar-refractivity contribution in [1.29, 1.82) is 0 Å². The van der Waals surface area contributed by atoms with Gasteiger partial charge in [-0.25, -0.2) is 0 Å². The molecule has 0 saturated carbocycles. The maximum absolute atomic E-state index is 13.0. The lowest BCUT2D eigenvalue weighted by Gasteiger charge is -2.16. The van der Waals surface area contributed by atoms with E-state index in [1.807, 2.05) is 73.7 Å². The van der Waals surface area contributed by atoms with Crippen LogP contribution in [0.1, 0.15) is 23.7 Å². The molecule has 172 valence electrons. The molecule has 4 aromatic rings. The van der Waals surface area contributed by atoms with Crippen LogP contribution < -0.4 is 15.4 Å². The molecule has 4 aromatic carbocycles. The molecule has 6 heteroatoms. The van der Waals surface area contributed by atoms with Crippen LogP contribution in [0.15, 0.2) is 95.9 Å². The van der Waals surface area contributed by atoms with E-state index in [4.69, 9.17) is 4.74 Å². The quantitative estimate of drug-likeness (QED) is 0.284. The summed E-state index contributed by atoms with van der Waals surface area (Å²) >= 11 is 1.48. The first-order chi connectivity index (χ1) is 16.6. The normalized spacial score (nSPS) is 11.6. The van der Waals surface area contributed by atoms with Gasteiger partial charge in [0.2, 0.25) is 5.91 Å². The fourth-order valence-corrected chi connectivity index (χ4v) is 4.60. The summed E-state index contributed by atoms with van der Waals surface area (Å²) < 4.78 is 5.20. The van der Waals surface area contributed by atoms with E-state index in [2.05, 4.69) is 10.6 Å². The minimum atomic E-state index is -0.268. The third-order valence-electron chi connectivity index (χ3n) is 5.38. The van der Waals surface area contributed by atoms with Crippen LogP contribution in [0.2, 0.25) is 0 Å². The molecular formula is C28H26N2O3S. The van der Waals surface area contributed by atoms with Crippen LogP contribution >= 0.6 is 11.8 Å². The number of benzene rings is 4. The fourth-order valence-electron chi connectivity index (χ4n) is 3.59. The summed E-state index contributed by atoms with van der Waals surface area (Å²) in [6.45, 7) is 1.99. The molecule has 0 bridgehead atoms. The van der Waals surface area contributed by atoms with Gasteiger partial charge in [0.1, 0.15) is 5.75 Å². The zero-order valence-corrected chi connectivity index (χ0v) is 19.9. The second-order valence-electron chi connectivity index (χ2n) is 7.78. The van der Waals surface area contributed by atoms with Crippen LogP contribution in [0.5, 0.6) is 5.75 Å². The van der Waals surface area contributed by atoms with Crippen LogP contribution in [-0.4, -0.2) is 24.2 Å². The van der Waals surface area contributed by atoms with Crippen molar-refractivity contribution in [1.82, 2.24) is 0 Å². The van der Waals surface area contributed by atoms with E-state index in [0.29, 0.717) is 23.4 Å². The summed E-state index contributed by atoms with van der Waals surface area (Å²) in [4.78, 5) is 26.5. The molecule has 0 spiro atoms. The highest BCUT2D eigenvalue weighted by Crippen LogP contribution is 2.29. The van der Waals surface area contributed by atoms with Gasteiger partial charge in [-0.05, 0) is 65.7 Å². The summed E-state index contributed by atoms with van der Waals surface area (Å²) in [6.07, 6.45) is 0.671. The molecule has 34 heavy (non-hydrogen) atoms. The molecule has 0 aromatic heterocycles. The van der Waals surface area contributed by atoms with Crippen molar-refractivity contribution >= 4 is 45.7 Å². The lowest BCUT2D eigenvalue weighted by Crippen LogP contribution is -2.24. The lowest BCUT2D eigenvalue weighted by atomic mass is 10.1. The van der Waals surface area contributed by atoms with Gasteiger partial charge in [-0.15, -0.1) is 11.8 Å². The molecule has 0 saturated heterocycles. The Morgan fingerprint density at radius 1 is 0.824 bits per heavy atom. The number of amides is 2. The van der Waals surface area contributed by atoms with Crippen molar-refractivity contribution in [2.45, 2.75) is 23.5 Å². The third kappa shape index (κ3) is 5.77. The molecule has 0 aliphatic heterocycles. The summed E-state index contributed by atoms with van der Waals surface area (Å²) in [5.74, 6) is 0.357. The smallest absolute Gasteiger partial charge is 0.255 e. The van der Waals surface area contributed by atoms with Crippen LogP contribution in [0.4, 0.5) is 11.4 Å². The Bertz CT molecular complexity index is 1320. The molecule has 1 unspecified atom stereocenters. The molecule has 0 radical (unpaired) electrons. The third-order valence-corrected chi connectivity index (χ3v) is 6.74. The molecule has 5 nitrogen and oxygen atoms in total. The van der Waals surface area contributed by atoms with E-state index >= 15 is 0 Å². The van der Waals surface area contributed by atoms with E-state index in [1.54, 1.807) is 31.4 Å². The van der Waals surface area contributed by atoms with E-state index in [9.17, 15) is 9.59 Å². The Balaban J connectivity index is 1.42. The van der Waals surface area contributed by atoms with Crippen molar-refractivity contribution in [3.63, 3.8) is 0 Å². The molecule has 0 fully saturated rings. The number of carbonyl (C=O) groups is 2. The monoisotopic (exact) mass is 470 g/mol. The average Bonchev–Trinajstić information content (AvgIpc) is 2.87. The molecule has 4 rings (SSSR count). The minimum Gasteiger partial charge on any atom is -0.497 e. The van der Waals surface area contributed by atoms with Gasteiger partial charge in [0.05, 0.1) is 12.4 Å². The Morgan fingerprint density at radius 2 is 1.59 bits per heavy atom. The van der Waals surface area contributed by atoms with Crippen LogP contribution in [0.3, 0.4) is 0 Å². The number of anilines is 2. The number of thioether (sulfide) groups is 1. The van der Waals surface area contributed by atoms with E-state index in [-0.39, 0.29) is 17.1 Å². The molecule has 2 N–H and O–H groups in total. The highest BCUT2D eigenvalue weighted by Gasteiger charge is 2.19. The fraction of sp³-hybridized carbons (Fsp3) is 0.143. The van der Waals surface area contributed by atoms with Crippen molar-refractivity contribution in [3.05, 3.63) is 96.6 Å². The zero-order valence-electron chi connectivity index (χ0n) is 19.1. The molecule has 0 aliphatic rings. The van der Waals surface area contributed by atoms with E-state index in [0.717, 1.165) is 21.4 Å². The predicted molar refractivity (Wildman–Crippen MR) is 140 cm³/mol. The number of fused-ring (bicyclic) bond motifs is 1. The van der Waals surface area contributed by atoms with E-state index in [1.165, 1.54) is 11.8 Å². The number of carbonyl (C=O) groups excluding carboxylic acids is 2. The van der Waals surface area contributed by atoms with Crippen LogP contribution in [0.25, 0.3) is 10.8 Å². The first-order valence-electron chi connectivity index (χ1n) is 11.1. The molecular weight excluding hydrogens is 444 g/mol. The Morgan fingerprint density at radius 3 is 2.38 bits per heavy atom. The highest BCUT2D eigenvalue weighted by atomic mass is 32.2. The van der Waals surface area contributed by atoms with Gasteiger partial charge in [0, 0.05) is 21.8 Å². The first-order valence-corrected chi connectivity index (χ1v) is 12.0. The Kier molecular flexibility index (Phi) is 7.50. The van der Waals surface area contributed by atoms with Crippen LogP contribution in [0, 0.1) is 0 Å². The van der Waals surface area contributed by atoms with Gasteiger partial charge in [0.15, 0.2) is 0 Å². The number of hydrogen-bond acceptors (Lipinski definition) is 4. The van der Waals surface area contributed by atoms with Crippen molar-refractivity contribution in [2.75, 3.05) is 17.7 Å². The Hall–Kier alpha value is -3.77. The van der Waals surface area contributed by atoms with Gasteiger partial charge >= 0.3 is 0 Å². The largest absolute Gasteiger partial charge is 0.497 e. The molecule has 0 heterocycles. The zero-order chi connectivity index (χ0) is 23.9. The average molecular weight is 471 g/mol. The number of methoxy groups -OCH3 is 1. The maximum atomic E-state index is 13.0. The van der Waals surface area contributed by atoms with Gasteiger partial charge in [-0.2, -0.15) is 0 Å². The molecule has 0 aliphatic carbocycles. The Labute approximate surface area is 203 Å². The summed E-state index contributed by atoms with van der Waals surface area (Å²) in [7, 11) is 1.57. The van der Waals surface area contributed by atoms with Crippen LogP contribution in [-0.2, 0) is 4.79 Å². The summed E-state index contributed by atoms with van der Waals surface area (Å²) in [6, 6.07) is 28.5. The van der Waals surface area contributed by atoms with Gasteiger partial charge in [-0.1, -0.05) is 49.4 Å². The second-order valence-corrected chi connectivity index (χ2v) is 9.06. The van der Waals surface area contributed by atoms with Crippen molar-refractivity contribution in [3.8, 4) is 5.75 Å². The van der Waals surface area contributed by atoms with E-state index < -0.39 is 0 Å². The highest BCUT2D eigenvalue weighted by molar-refractivity contribution is 8.00. The topological polar surface area (TPSA) is 67.4 Å². The molecule has 1 atom stereocenters. The number of rotatable bonds is 8. The van der Waals surface area contributed by atoms with Crippen molar-refractivity contribution in [2.24, 2.45) is 0 Å². The standard InChI is InChI=1S/C28H26N2O3S/c1-3-26(28(32)30-23-15-14-19-8-4-5-9-20(19)16-23)34-25-13-7-11-22(18-25)29-27(31)21-10-6-12-24(17-21)33-2/h4-18,26H,3H2,1-2H3,(H,29,31)(H,30,32). The SMILES string of the molecule is CCC(Sc1cccc(NC(=O)c2cccc(OC)c2)c1)C(=O)Nc1ccc2ccccc2c1. The number of hydrogen-bond donors (Lipinski definition) is 2. The second kappa shape index (κ2) is 10.9. The number of ether oxygens (including phenoxy) is 1. The predicted octanol–water partition coefficient (Wildman–Crippen LogP) is 6.61. The van der Waals surface area contributed by atoms with Gasteiger partial charge in [0.25, 0.3) is 5.91 Å². The first kappa shape index (κ1) is 23.4. The lowest BCUT2D eigenvalue weighted by molar-refractivity contribution is -0.115. The van der Waals surface area contributed by atoms with Gasteiger partial charge in [-0.3, -0.25) is 9.59 Å². The van der Waals surface area contributed by atoms with Crippen molar-refractivity contribution < 1.29 is 14.3 Å². The molecule has 2 amide bonds. The summed E-state index contributed by atoms with van der Waals surface area (Å²) in [5, 5.41) is 7.91. The summed E-state index contributed by atoms with van der Waals surface area (Å²) in [5.41, 5.74) is 1.96.